The van der Waals surface area contributed by atoms with Crippen LogP contribution in [0.5, 0.6) is 11.5 Å². The number of rotatable bonds is 14. The van der Waals surface area contributed by atoms with Gasteiger partial charge < -0.3 is 24.0 Å². The first-order valence-electron chi connectivity index (χ1n) is 19.4. The molecule has 57 heavy (non-hydrogen) atoms. The van der Waals surface area contributed by atoms with Crippen molar-refractivity contribution in [3.05, 3.63) is 137 Å². The lowest BCUT2D eigenvalue weighted by molar-refractivity contribution is -0.0206. The van der Waals surface area contributed by atoms with E-state index in [2.05, 4.69) is 54.2 Å². The summed E-state index contributed by atoms with van der Waals surface area (Å²) in [5, 5.41) is 8.87. The number of hydrogen-bond donors (Lipinski definition) is 1. The Balaban J connectivity index is 0.835. The number of nitrogens with one attached hydrogen (secondary N) is 1. The number of ether oxygens (including phenoxy) is 3. The Morgan fingerprint density at radius 3 is 2.26 bits per heavy atom. The van der Waals surface area contributed by atoms with Gasteiger partial charge in [0.1, 0.15) is 47.5 Å². The molecule has 8 rings (SSSR count). The predicted molar refractivity (Wildman–Crippen MR) is 213 cm³/mol. The summed E-state index contributed by atoms with van der Waals surface area (Å²) in [4.78, 5) is 24.7. The van der Waals surface area contributed by atoms with Crippen molar-refractivity contribution >= 4 is 11.4 Å². The van der Waals surface area contributed by atoms with E-state index < -0.39 is 17.2 Å². The lowest BCUT2D eigenvalue weighted by Crippen LogP contribution is -2.46. The van der Waals surface area contributed by atoms with Crippen LogP contribution in [-0.4, -0.2) is 75.0 Å². The highest BCUT2D eigenvalue weighted by molar-refractivity contribution is 5.61. The summed E-state index contributed by atoms with van der Waals surface area (Å²) in [5.74, 6) is 0.734. The number of H-pyrrole nitrogens is 1. The Kier molecular flexibility index (Phi) is 11.0. The van der Waals surface area contributed by atoms with Crippen molar-refractivity contribution in [2.45, 2.75) is 51.0 Å². The van der Waals surface area contributed by atoms with Crippen molar-refractivity contribution in [1.82, 2.24) is 29.5 Å². The van der Waals surface area contributed by atoms with Gasteiger partial charge in [0.15, 0.2) is 5.82 Å². The highest BCUT2D eigenvalue weighted by Gasteiger charge is 2.44. The van der Waals surface area contributed by atoms with E-state index in [1.54, 1.807) is 11.0 Å². The third kappa shape index (κ3) is 8.41. The highest BCUT2D eigenvalue weighted by Crippen LogP contribution is 2.42. The third-order valence-corrected chi connectivity index (χ3v) is 11.0. The summed E-state index contributed by atoms with van der Waals surface area (Å²) >= 11 is 0. The maximum absolute atomic E-state index is 15.0. The molecule has 0 aliphatic carbocycles. The summed E-state index contributed by atoms with van der Waals surface area (Å²) in [6.07, 6.45) is 3.90. The van der Waals surface area contributed by atoms with E-state index in [1.165, 1.54) is 23.1 Å². The maximum atomic E-state index is 15.0. The van der Waals surface area contributed by atoms with E-state index in [-0.39, 0.29) is 30.3 Å². The number of hydrogen-bond acceptors (Lipinski definition) is 9. The van der Waals surface area contributed by atoms with Gasteiger partial charge in [0, 0.05) is 60.7 Å². The molecule has 0 unspecified atom stereocenters. The summed E-state index contributed by atoms with van der Waals surface area (Å²) in [7, 11) is 0. The van der Waals surface area contributed by atoms with Gasteiger partial charge in [0.05, 0.1) is 25.8 Å². The van der Waals surface area contributed by atoms with Gasteiger partial charge >= 0.3 is 5.69 Å². The van der Waals surface area contributed by atoms with Gasteiger partial charge in [0.2, 0.25) is 0 Å². The van der Waals surface area contributed by atoms with E-state index in [0.717, 1.165) is 60.7 Å². The fourth-order valence-electron chi connectivity index (χ4n) is 7.99. The zero-order valence-corrected chi connectivity index (χ0v) is 32.0. The van der Waals surface area contributed by atoms with Crippen LogP contribution in [0.4, 0.5) is 20.2 Å². The molecule has 6 aromatic rings. The minimum absolute atomic E-state index is 0.0121. The highest BCUT2D eigenvalue weighted by atomic mass is 19.1. The minimum Gasteiger partial charge on any atom is -0.493 e. The lowest BCUT2D eigenvalue weighted by Gasteiger charge is -2.37. The molecular formula is C43H46F2N8O4. The fraction of sp³-hybridized carbons (Fsp3) is 0.349. The number of benzene rings is 4. The van der Waals surface area contributed by atoms with Crippen molar-refractivity contribution in [1.29, 1.82) is 0 Å². The van der Waals surface area contributed by atoms with Gasteiger partial charge in [-0.25, -0.2) is 27.9 Å². The molecule has 296 valence electrons. The normalized spacial score (nSPS) is 19.4. The number of piperazine rings is 1. The quantitative estimate of drug-likeness (QED) is 0.127. The van der Waals surface area contributed by atoms with Crippen LogP contribution in [0, 0.1) is 17.6 Å². The Hall–Kier alpha value is -6.02. The summed E-state index contributed by atoms with van der Waals surface area (Å²) in [5.41, 5.74) is 2.10. The molecule has 2 aliphatic heterocycles. The molecule has 0 bridgehead atoms. The SMILES string of the molecule is CC[C@H]([C@H](C)Oc1ccccc1)n1nc(-c2ccc(N3CCN(c4ccc(OC[C@@H]5CO[C@@](Cn6cncn6)(c6ccc(F)cc6F)C5)cc4)CC3)cc2)[nH]c1=O. The van der Waals surface area contributed by atoms with Crippen LogP contribution in [0.1, 0.15) is 38.3 Å². The van der Waals surface area contributed by atoms with Crippen LogP contribution in [0.2, 0.25) is 0 Å². The zero-order valence-electron chi connectivity index (χ0n) is 32.0. The zero-order chi connectivity index (χ0) is 39.4. The van der Waals surface area contributed by atoms with E-state index in [9.17, 15) is 9.18 Å². The van der Waals surface area contributed by atoms with Crippen molar-refractivity contribution in [3.63, 3.8) is 0 Å². The largest absolute Gasteiger partial charge is 0.493 e. The molecule has 4 heterocycles. The smallest absolute Gasteiger partial charge is 0.343 e. The molecule has 12 nitrogen and oxygen atoms in total. The molecule has 1 N–H and O–H groups in total. The Bertz CT molecular complexity index is 2280. The van der Waals surface area contributed by atoms with Crippen molar-refractivity contribution in [3.8, 4) is 22.9 Å². The molecule has 0 radical (unpaired) electrons. The van der Waals surface area contributed by atoms with Gasteiger partial charge in [-0.1, -0.05) is 31.2 Å². The Morgan fingerprint density at radius 2 is 1.61 bits per heavy atom. The number of para-hydroxylation sites is 1. The topological polar surface area (TPSA) is 116 Å². The number of aromatic amines is 1. The third-order valence-electron chi connectivity index (χ3n) is 11.0. The van der Waals surface area contributed by atoms with E-state index in [4.69, 9.17) is 14.2 Å². The first kappa shape index (κ1) is 37.9. The average molecular weight is 777 g/mol. The van der Waals surface area contributed by atoms with Gasteiger partial charge in [-0.3, -0.25) is 4.98 Å². The van der Waals surface area contributed by atoms with Crippen LogP contribution >= 0.6 is 0 Å². The fourth-order valence-corrected chi connectivity index (χ4v) is 7.99. The molecule has 2 aliphatic rings. The molecule has 0 saturated carbocycles. The molecule has 2 fully saturated rings. The molecular weight excluding hydrogens is 731 g/mol. The van der Waals surface area contributed by atoms with Crippen molar-refractivity contribution in [2.24, 2.45) is 5.92 Å². The average Bonchev–Trinajstić information content (AvgIpc) is 3.99. The first-order valence-corrected chi connectivity index (χ1v) is 19.4. The second kappa shape index (κ2) is 16.6. The van der Waals surface area contributed by atoms with E-state index in [1.807, 2.05) is 68.4 Å². The molecule has 14 heteroatoms. The van der Waals surface area contributed by atoms with Crippen molar-refractivity contribution < 1.29 is 23.0 Å². The Labute approximate surface area is 329 Å². The summed E-state index contributed by atoms with van der Waals surface area (Å²) in [6.45, 7) is 8.41. The predicted octanol–water partition coefficient (Wildman–Crippen LogP) is 6.86. The summed E-state index contributed by atoms with van der Waals surface area (Å²) < 4.78 is 50.5. The molecule has 2 aromatic heterocycles. The van der Waals surface area contributed by atoms with Gasteiger partial charge in [-0.2, -0.15) is 5.10 Å². The molecule has 0 spiro atoms. The van der Waals surface area contributed by atoms with Crippen LogP contribution in [0.15, 0.2) is 115 Å². The minimum atomic E-state index is -1.02. The van der Waals surface area contributed by atoms with E-state index >= 15 is 4.39 Å². The van der Waals surface area contributed by atoms with Gasteiger partial charge in [0.25, 0.3) is 0 Å². The van der Waals surface area contributed by atoms with Crippen molar-refractivity contribution in [2.75, 3.05) is 49.2 Å². The maximum Gasteiger partial charge on any atom is 0.343 e. The first-order chi connectivity index (χ1) is 27.8. The molecule has 4 aromatic carbocycles. The second-order valence-corrected chi connectivity index (χ2v) is 14.8. The van der Waals surface area contributed by atoms with Gasteiger partial charge in [-0.15, -0.1) is 5.10 Å². The Morgan fingerprint density at radius 1 is 0.912 bits per heavy atom. The monoisotopic (exact) mass is 776 g/mol. The number of anilines is 2. The van der Waals surface area contributed by atoms with Crippen LogP contribution in [0.3, 0.4) is 0 Å². The van der Waals surface area contributed by atoms with Crippen LogP contribution < -0.4 is 25.0 Å². The molecule has 2 saturated heterocycles. The number of aromatic nitrogens is 6. The molecule has 0 amide bonds. The van der Waals surface area contributed by atoms with Crippen LogP contribution in [0.25, 0.3) is 11.4 Å². The summed E-state index contributed by atoms with van der Waals surface area (Å²) in [6, 6.07) is 29.2. The number of nitrogens with zero attached hydrogens (tertiary/aromatic N) is 7. The standard InChI is InChI=1S/C43H46F2N8O4/c1-3-40(30(2)57-37-7-5-4-6-8-37)53-42(54)48-41(49-53)32-9-12-34(13-10-32)50-19-21-51(22-20-50)35-14-16-36(17-15-35)55-25-31-24-43(56-26-31,27-52-29-46-28-47-52)38-18-11-33(44)23-39(38)45/h4-18,23,28-31,40H,3,19-22,24-27H2,1-2H3,(H,48,49,54)/t30-,31+,40+,43-/m0/s1. The number of halogens is 2. The molecule has 4 atom stereocenters. The van der Waals surface area contributed by atoms with Gasteiger partial charge in [-0.05, 0) is 86.5 Å². The van der Waals surface area contributed by atoms with Crippen LogP contribution in [-0.2, 0) is 16.9 Å². The second-order valence-electron chi connectivity index (χ2n) is 14.8. The van der Waals surface area contributed by atoms with E-state index in [0.29, 0.717) is 37.4 Å². The lowest BCUT2D eigenvalue weighted by atomic mass is 9.87.